The number of nitrogens with zero attached hydrogens (tertiary/aromatic N) is 2. The fourth-order valence-corrected chi connectivity index (χ4v) is 4.08. The number of hydrogen-bond acceptors (Lipinski definition) is 4. The predicted molar refractivity (Wildman–Crippen MR) is 101 cm³/mol. The lowest BCUT2D eigenvalue weighted by Gasteiger charge is -2.18. The van der Waals surface area contributed by atoms with Gasteiger partial charge in [-0.15, -0.1) is 4.40 Å². The van der Waals surface area contributed by atoms with E-state index in [2.05, 4.69) is 9.71 Å². The van der Waals surface area contributed by atoms with E-state index in [1.165, 1.54) is 6.07 Å². The summed E-state index contributed by atoms with van der Waals surface area (Å²) in [7, 11) is -2.04. The van der Waals surface area contributed by atoms with Crippen molar-refractivity contribution in [2.45, 2.75) is 11.3 Å². The summed E-state index contributed by atoms with van der Waals surface area (Å²) in [5.41, 5.74) is 1.59. The largest absolute Gasteiger partial charge is 0.354 e. The van der Waals surface area contributed by atoms with Gasteiger partial charge in [-0.2, -0.15) is 8.42 Å². The zero-order valence-electron chi connectivity index (χ0n) is 14.1. The van der Waals surface area contributed by atoms with Crippen LogP contribution in [-0.2, 0) is 21.2 Å². The second-order valence-electron chi connectivity index (χ2n) is 5.97. The third-order valence-corrected chi connectivity index (χ3v) is 5.58. The molecular formula is C18H18ClN3O3S. The number of amidine groups is 1. The predicted octanol–water partition coefficient (Wildman–Crippen LogP) is 2.08. The third-order valence-electron chi connectivity index (χ3n) is 4.00. The molecule has 1 N–H and O–H groups in total. The third kappa shape index (κ3) is 4.05. The molecule has 0 bridgehead atoms. The number of benzene rings is 2. The molecule has 1 aliphatic heterocycles. The van der Waals surface area contributed by atoms with Crippen molar-refractivity contribution in [3.05, 3.63) is 64.7 Å². The van der Waals surface area contributed by atoms with Crippen molar-refractivity contribution in [3.8, 4) is 0 Å². The van der Waals surface area contributed by atoms with Gasteiger partial charge in [-0.3, -0.25) is 4.79 Å². The standard InChI is InChI=1S/C18H18ClN3O3S/c1-22(18-15-4-2-3-5-16(15)26(24,25)21-18)12-17(23)20-11-10-13-6-8-14(19)9-7-13/h2-9H,10-12H2,1H3,(H,20,23). The van der Waals surface area contributed by atoms with E-state index in [0.29, 0.717) is 23.6 Å². The molecule has 136 valence electrons. The number of fused-ring (bicyclic) bond motifs is 1. The smallest absolute Gasteiger partial charge is 0.285 e. The Morgan fingerprint density at radius 1 is 1.15 bits per heavy atom. The minimum Gasteiger partial charge on any atom is -0.354 e. The zero-order chi connectivity index (χ0) is 18.7. The average Bonchev–Trinajstić information content (AvgIpc) is 2.89. The van der Waals surface area contributed by atoms with Crippen LogP contribution in [0.4, 0.5) is 0 Å². The minimum absolute atomic E-state index is 0.0172. The summed E-state index contributed by atoms with van der Waals surface area (Å²) in [4.78, 5) is 13.9. The lowest BCUT2D eigenvalue weighted by atomic mass is 10.1. The van der Waals surface area contributed by atoms with Crippen molar-refractivity contribution in [2.75, 3.05) is 20.1 Å². The Morgan fingerprint density at radius 3 is 2.58 bits per heavy atom. The topological polar surface area (TPSA) is 78.8 Å². The first-order valence-electron chi connectivity index (χ1n) is 8.03. The van der Waals surface area contributed by atoms with Gasteiger partial charge in [0.2, 0.25) is 5.91 Å². The number of rotatable bonds is 5. The Labute approximate surface area is 157 Å². The van der Waals surface area contributed by atoms with Crippen molar-refractivity contribution in [1.29, 1.82) is 0 Å². The Kier molecular flexibility index (Phi) is 5.29. The number of sulfonamides is 1. The Balaban J connectivity index is 1.57. The fraction of sp³-hybridized carbons (Fsp3) is 0.222. The molecule has 2 aromatic carbocycles. The van der Waals surface area contributed by atoms with Crippen molar-refractivity contribution in [1.82, 2.24) is 10.2 Å². The summed E-state index contributed by atoms with van der Waals surface area (Å²) in [5, 5.41) is 3.50. The maximum atomic E-state index is 12.1. The van der Waals surface area contributed by atoms with Gasteiger partial charge in [-0.25, -0.2) is 0 Å². The second kappa shape index (κ2) is 7.47. The molecule has 3 rings (SSSR count). The Hall–Kier alpha value is -2.38. The van der Waals surface area contributed by atoms with Crippen LogP contribution < -0.4 is 5.32 Å². The van der Waals surface area contributed by atoms with Crippen LogP contribution in [-0.4, -0.2) is 45.2 Å². The molecule has 0 saturated heterocycles. The molecular weight excluding hydrogens is 374 g/mol. The molecule has 2 aromatic rings. The molecule has 6 nitrogen and oxygen atoms in total. The molecule has 0 aliphatic carbocycles. The SMILES string of the molecule is CN(CC(=O)NCCc1ccc(Cl)cc1)C1=NS(=O)(=O)c2ccccc21. The number of likely N-dealkylation sites (N-methyl/N-ethyl adjacent to an activating group) is 1. The highest BCUT2D eigenvalue weighted by Crippen LogP contribution is 2.26. The van der Waals surface area contributed by atoms with Crippen molar-refractivity contribution in [2.24, 2.45) is 4.40 Å². The Bertz CT molecular complexity index is 956. The summed E-state index contributed by atoms with van der Waals surface area (Å²) in [6.07, 6.45) is 0.685. The maximum absolute atomic E-state index is 12.1. The highest BCUT2D eigenvalue weighted by molar-refractivity contribution is 7.90. The zero-order valence-corrected chi connectivity index (χ0v) is 15.7. The fourth-order valence-electron chi connectivity index (χ4n) is 2.71. The van der Waals surface area contributed by atoms with E-state index in [4.69, 9.17) is 11.6 Å². The maximum Gasteiger partial charge on any atom is 0.285 e. The molecule has 0 saturated carbocycles. The quantitative estimate of drug-likeness (QED) is 0.846. The van der Waals surface area contributed by atoms with E-state index in [1.807, 2.05) is 24.3 Å². The van der Waals surface area contributed by atoms with Crippen molar-refractivity contribution < 1.29 is 13.2 Å². The highest BCUT2D eigenvalue weighted by Gasteiger charge is 2.30. The first-order chi connectivity index (χ1) is 12.4. The molecule has 0 aromatic heterocycles. The molecule has 0 fully saturated rings. The lowest BCUT2D eigenvalue weighted by Crippen LogP contribution is -2.39. The highest BCUT2D eigenvalue weighted by atomic mass is 35.5. The number of carbonyl (C=O) groups is 1. The van der Waals surface area contributed by atoms with E-state index < -0.39 is 10.0 Å². The van der Waals surface area contributed by atoms with E-state index >= 15 is 0 Å². The van der Waals surface area contributed by atoms with Crippen LogP contribution >= 0.6 is 11.6 Å². The van der Waals surface area contributed by atoms with E-state index in [0.717, 1.165) is 5.56 Å². The van der Waals surface area contributed by atoms with Gasteiger partial charge in [0.05, 0.1) is 6.54 Å². The van der Waals surface area contributed by atoms with Gasteiger partial charge in [0.1, 0.15) is 4.90 Å². The monoisotopic (exact) mass is 391 g/mol. The number of hydrogen-bond donors (Lipinski definition) is 1. The van der Waals surface area contributed by atoms with Crippen molar-refractivity contribution >= 4 is 33.4 Å². The second-order valence-corrected chi connectivity index (χ2v) is 7.98. The molecule has 1 amide bonds. The summed E-state index contributed by atoms with van der Waals surface area (Å²) >= 11 is 5.84. The summed E-state index contributed by atoms with van der Waals surface area (Å²) in [6, 6.07) is 14.0. The van der Waals surface area contributed by atoms with Gasteiger partial charge >= 0.3 is 0 Å². The Morgan fingerprint density at radius 2 is 1.85 bits per heavy atom. The van der Waals surface area contributed by atoms with Gasteiger partial charge < -0.3 is 10.2 Å². The van der Waals surface area contributed by atoms with Gasteiger partial charge in [0.15, 0.2) is 5.84 Å². The first kappa shape index (κ1) is 18.4. The van der Waals surface area contributed by atoms with E-state index in [-0.39, 0.29) is 23.2 Å². The molecule has 0 radical (unpaired) electrons. The van der Waals surface area contributed by atoms with Crippen LogP contribution in [0.25, 0.3) is 0 Å². The first-order valence-corrected chi connectivity index (χ1v) is 9.85. The van der Waals surface area contributed by atoms with Crippen molar-refractivity contribution in [3.63, 3.8) is 0 Å². The molecule has 0 unspecified atom stereocenters. The molecule has 0 spiro atoms. The summed E-state index contributed by atoms with van der Waals surface area (Å²) in [6.45, 7) is 0.499. The number of halogens is 1. The van der Waals surface area contributed by atoms with Gasteiger partial charge in [-0.1, -0.05) is 35.9 Å². The van der Waals surface area contributed by atoms with Crippen LogP contribution in [0.5, 0.6) is 0 Å². The lowest BCUT2D eigenvalue weighted by molar-refractivity contribution is -0.121. The molecule has 26 heavy (non-hydrogen) atoms. The normalized spacial score (nSPS) is 14.5. The van der Waals surface area contributed by atoms with Crippen LogP contribution in [0, 0.1) is 0 Å². The van der Waals surface area contributed by atoms with E-state index in [9.17, 15) is 13.2 Å². The molecule has 1 heterocycles. The molecule has 0 atom stereocenters. The van der Waals surface area contributed by atoms with E-state index in [1.54, 1.807) is 30.1 Å². The van der Waals surface area contributed by atoms with Gasteiger partial charge in [0.25, 0.3) is 10.0 Å². The van der Waals surface area contributed by atoms with Crippen LogP contribution in [0.3, 0.4) is 0 Å². The minimum atomic E-state index is -3.69. The molecule has 8 heteroatoms. The van der Waals surface area contributed by atoms with Crippen LogP contribution in [0.15, 0.2) is 57.8 Å². The average molecular weight is 392 g/mol. The van der Waals surface area contributed by atoms with Crippen LogP contribution in [0.1, 0.15) is 11.1 Å². The summed E-state index contributed by atoms with van der Waals surface area (Å²) < 4.78 is 28.0. The number of amides is 1. The molecule has 1 aliphatic rings. The number of carbonyl (C=O) groups excluding carboxylic acids is 1. The van der Waals surface area contributed by atoms with Gasteiger partial charge in [-0.05, 0) is 36.2 Å². The van der Waals surface area contributed by atoms with Gasteiger partial charge in [0, 0.05) is 24.2 Å². The summed E-state index contributed by atoms with van der Waals surface area (Å²) in [5.74, 6) is 0.0828. The number of nitrogens with one attached hydrogen (secondary N) is 1. The van der Waals surface area contributed by atoms with Crippen LogP contribution in [0.2, 0.25) is 5.02 Å².